The van der Waals surface area contributed by atoms with Crippen LogP contribution in [0.25, 0.3) is 11.1 Å². The second kappa shape index (κ2) is 9.15. The summed E-state index contributed by atoms with van der Waals surface area (Å²) in [6.07, 6.45) is 0.437. The highest BCUT2D eigenvalue weighted by Gasteiger charge is 2.31. The lowest BCUT2D eigenvalue weighted by Crippen LogP contribution is -2.37. The van der Waals surface area contributed by atoms with Crippen molar-refractivity contribution in [1.29, 1.82) is 0 Å². The molecule has 0 saturated carbocycles. The molecule has 3 aromatic carbocycles. The first-order valence-corrected chi connectivity index (χ1v) is 13.4. The fourth-order valence-corrected chi connectivity index (χ4v) is 6.75. The molecule has 0 spiro atoms. The van der Waals surface area contributed by atoms with E-state index < -0.39 is 20.0 Å². The van der Waals surface area contributed by atoms with Crippen molar-refractivity contribution < 1.29 is 16.8 Å². The lowest BCUT2D eigenvalue weighted by Gasteiger charge is -2.22. The molecule has 0 aliphatic carbocycles. The van der Waals surface area contributed by atoms with Gasteiger partial charge in [-0.15, -0.1) is 0 Å². The summed E-state index contributed by atoms with van der Waals surface area (Å²) in [4.78, 5) is 0.447. The average Bonchev–Trinajstić information content (AvgIpc) is 3.08. The van der Waals surface area contributed by atoms with Crippen LogP contribution in [-0.4, -0.2) is 51.6 Å². The van der Waals surface area contributed by atoms with Gasteiger partial charge in [0, 0.05) is 26.2 Å². The van der Waals surface area contributed by atoms with Crippen LogP contribution in [0.1, 0.15) is 12.0 Å². The van der Waals surface area contributed by atoms with Crippen molar-refractivity contribution in [2.45, 2.75) is 23.1 Å². The number of rotatable bonds is 5. The van der Waals surface area contributed by atoms with Crippen LogP contribution < -0.4 is 0 Å². The van der Waals surface area contributed by atoms with Gasteiger partial charge < -0.3 is 0 Å². The van der Waals surface area contributed by atoms with E-state index in [9.17, 15) is 16.8 Å². The lowest BCUT2D eigenvalue weighted by molar-refractivity contribution is 0.404. The summed E-state index contributed by atoms with van der Waals surface area (Å²) >= 11 is 0. The summed E-state index contributed by atoms with van der Waals surface area (Å²) < 4.78 is 55.2. The molecule has 1 heterocycles. The van der Waals surface area contributed by atoms with Crippen LogP contribution in [0.3, 0.4) is 0 Å². The standard InChI is InChI=1S/C24H26N2O4S2/c1-20-8-12-23(13-9-20)31(27,28)25-16-5-17-26(19-18-25)32(29,30)24-14-10-22(11-15-24)21-6-3-2-4-7-21/h2-4,6-15H,5,16-19H2,1H3. The highest BCUT2D eigenvalue weighted by Crippen LogP contribution is 2.25. The second-order valence-corrected chi connectivity index (χ2v) is 11.7. The number of benzene rings is 3. The fraction of sp³-hybridized carbons (Fsp3) is 0.250. The maximum absolute atomic E-state index is 13.2. The summed E-state index contributed by atoms with van der Waals surface area (Å²) in [5.41, 5.74) is 2.94. The molecule has 1 saturated heterocycles. The van der Waals surface area contributed by atoms with Gasteiger partial charge in [0.1, 0.15) is 0 Å². The van der Waals surface area contributed by atoms with Gasteiger partial charge >= 0.3 is 0 Å². The zero-order chi connectivity index (χ0) is 22.8. The molecule has 1 aliphatic rings. The van der Waals surface area contributed by atoms with E-state index in [1.807, 2.05) is 37.3 Å². The van der Waals surface area contributed by atoms with Crippen molar-refractivity contribution in [2.75, 3.05) is 26.2 Å². The molecule has 0 bridgehead atoms. The second-order valence-electron chi connectivity index (χ2n) is 7.87. The van der Waals surface area contributed by atoms with Gasteiger partial charge in [-0.2, -0.15) is 8.61 Å². The molecule has 0 atom stereocenters. The summed E-state index contributed by atoms with van der Waals surface area (Å²) in [7, 11) is -7.37. The SMILES string of the molecule is Cc1ccc(S(=O)(=O)N2CCCN(S(=O)(=O)c3ccc(-c4ccccc4)cc3)CC2)cc1. The molecule has 8 heteroatoms. The van der Waals surface area contributed by atoms with Crippen LogP contribution in [0.4, 0.5) is 0 Å². The van der Waals surface area contributed by atoms with E-state index in [-0.39, 0.29) is 36.0 Å². The van der Waals surface area contributed by atoms with E-state index in [0.29, 0.717) is 6.42 Å². The van der Waals surface area contributed by atoms with E-state index >= 15 is 0 Å². The molecule has 0 amide bonds. The molecule has 3 aromatic rings. The Morgan fingerprint density at radius 2 is 1.00 bits per heavy atom. The smallest absolute Gasteiger partial charge is 0.207 e. The van der Waals surface area contributed by atoms with Crippen molar-refractivity contribution in [1.82, 2.24) is 8.61 Å². The first-order chi connectivity index (χ1) is 15.3. The third-order valence-electron chi connectivity index (χ3n) is 5.67. The topological polar surface area (TPSA) is 74.8 Å². The Morgan fingerprint density at radius 1 is 0.562 bits per heavy atom. The third kappa shape index (κ3) is 4.63. The van der Waals surface area contributed by atoms with Crippen LogP contribution in [-0.2, 0) is 20.0 Å². The molecule has 168 valence electrons. The summed E-state index contributed by atoms with van der Waals surface area (Å²) in [6, 6.07) is 23.3. The number of hydrogen-bond acceptors (Lipinski definition) is 4. The van der Waals surface area contributed by atoms with Crippen LogP contribution in [0.15, 0.2) is 88.7 Å². The van der Waals surface area contributed by atoms with Crippen molar-refractivity contribution in [3.8, 4) is 11.1 Å². The van der Waals surface area contributed by atoms with Gasteiger partial charge in [-0.3, -0.25) is 0 Å². The minimum absolute atomic E-state index is 0.119. The Labute approximate surface area is 190 Å². The van der Waals surface area contributed by atoms with Gasteiger partial charge in [-0.1, -0.05) is 60.2 Å². The van der Waals surface area contributed by atoms with Gasteiger partial charge in [-0.05, 0) is 48.7 Å². The van der Waals surface area contributed by atoms with Crippen LogP contribution in [0, 0.1) is 6.92 Å². The van der Waals surface area contributed by atoms with Gasteiger partial charge in [0.2, 0.25) is 20.0 Å². The monoisotopic (exact) mass is 470 g/mol. The number of hydrogen-bond donors (Lipinski definition) is 0. The number of aryl methyl sites for hydroxylation is 1. The quantitative estimate of drug-likeness (QED) is 0.569. The summed E-state index contributed by atoms with van der Waals surface area (Å²) in [5.74, 6) is 0. The van der Waals surface area contributed by atoms with Gasteiger partial charge in [-0.25, -0.2) is 16.8 Å². The summed E-state index contributed by atoms with van der Waals surface area (Å²) in [6.45, 7) is 2.71. The molecule has 0 radical (unpaired) electrons. The molecule has 0 aromatic heterocycles. The van der Waals surface area contributed by atoms with Crippen LogP contribution in [0.2, 0.25) is 0 Å². The molecule has 6 nitrogen and oxygen atoms in total. The lowest BCUT2D eigenvalue weighted by atomic mass is 10.1. The normalized spacial score (nSPS) is 16.5. The predicted molar refractivity (Wildman–Crippen MR) is 125 cm³/mol. The van der Waals surface area contributed by atoms with E-state index in [1.54, 1.807) is 48.5 Å². The fourth-order valence-electron chi connectivity index (χ4n) is 3.81. The highest BCUT2D eigenvalue weighted by molar-refractivity contribution is 7.89. The van der Waals surface area contributed by atoms with Crippen LogP contribution in [0.5, 0.6) is 0 Å². The molecule has 32 heavy (non-hydrogen) atoms. The largest absolute Gasteiger partial charge is 0.243 e. The first kappa shape index (κ1) is 22.7. The van der Waals surface area contributed by atoms with E-state index in [1.165, 1.54) is 8.61 Å². The van der Waals surface area contributed by atoms with Crippen LogP contribution >= 0.6 is 0 Å². The summed E-state index contributed by atoms with van der Waals surface area (Å²) in [5, 5.41) is 0. The Bertz CT molecular complexity index is 1270. The average molecular weight is 471 g/mol. The first-order valence-electron chi connectivity index (χ1n) is 10.5. The number of sulfonamides is 2. The molecule has 0 unspecified atom stereocenters. The van der Waals surface area contributed by atoms with Gasteiger partial charge in [0.25, 0.3) is 0 Å². The zero-order valence-electron chi connectivity index (χ0n) is 17.9. The van der Waals surface area contributed by atoms with Crippen molar-refractivity contribution in [2.24, 2.45) is 0 Å². The van der Waals surface area contributed by atoms with E-state index in [4.69, 9.17) is 0 Å². The predicted octanol–water partition coefficient (Wildman–Crippen LogP) is 3.75. The van der Waals surface area contributed by atoms with E-state index in [0.717, 1.165) is 16.7 Å². The number of nitrogens with zero attached hydrogens (tertiary/aromatic N) is 2. The van der Waals surface area contributed by atoms with Gasteiger partial charge in [0.05, 0.1) is 9.79 Å². The highest BCUT2D eigenvalue weighted by atomic mass is 32.2. The molecule has 1 aliphatic heterocycles. The van der Waals surface area contributed by atoms with Gasteiger partial charge in [0.15, 0.2) is 0 Å². The van der Waals surface area contributed by atoms with Crippen molar-refractivity contribution in [3.05, 3.63) is 84.4 Å². The Kier molecular flexibility index (Phi) is 6.48. The molecular weight excluding hydrogens is 444 g/mol. The zero-order valence-corrected chi connectivity index (χ0v) is 19.5. The molecule has 4 rings (SSSR count). The van der Waals surface area contributed by atoms with E-state index in [2.05, 4.69) is 0 Å². The minimum Gasteiger partial charge on any atom is -0.207 e. The van der Waals surface area contributed by atoms with Crippen molar-refractivity contribution >= 4 is 20.0 Å². The maximum atomic E-state index is 13.2. The Balaban J connectivity index is 1.50. The molecule has 1 fully saturated rings. The minimum atomic E-state index is -3.71. The van der Waals surface area contributed by atoms with Crippen molar-refractivity contribution in [3.63, 3.8) is 0 Å². The Hall–Kier alpha value is -2.52. The maximum Gasteiger partial charge on any atom is 0.243 e. The molecule has 0 N–H and O–H groups in total. The Morgan fingerprint density at radius 3 is 1.50 bits per heavy atom. The molecular formula is C24H26N2O4S2. The third-order valence-corrected chi connectivity index (χ3v) is 9.50.